The Labute approximate surface area is 125 Å². The third kappa shape index (κ3) is 2.76. The second kappa shape index (κ2) is 5.99. The van der Waals surface area contributed by atoms with Crippen molar-refractivity contribution in [3.05, 3.63) is 65.2 Å². The molecule has 0 saturated carbocycles. The Bertz CT molecular complexity index is 655. The second-order valence-corrected chi connectivity index (χ2v) is 5.45. The van der Waals surface area contributed by atoms with Crippen molar-refractivity contribution in [2.24, 2.45) is 0 Å². The largest absolute Gasteiger partial charge is 0.367 e. The second-order valence-electron chi connectivity index (χ2n) is 5.45. The maximum absolute atomic E-state index is 8.91. The van der Waals surface area contributed by atoms with Gasteiger partial charge in [0.1, 0.15) is 0 Å². The van der Waals surface area contributed by atoms with Crippen molar-refractivity contribution in [3.63, 3.8) is 0 Å². The van der Waals surface area contributed by atoms with Crippen molar-refractivity contribution in [2.75, 3.05) is 18.5 Å². The number of anilines is 1. The van der Waals surface area contributed by atoms with E-state index in [0.29, 0.717) is 11.6 Å². The number of fused-ring (bicyclic) bond motifs is 1. The molecule has 1 aliphatic heterocycles. The van der Waals surface area contributed by atoms with E-state index >= 15 is 0 Å². The maximum Gasteiger partial charge on any atom is 0.0991 e. The monoisotopic (exact) mass is 277 g/mol. The normalized spacial score (nSPS) is 17.4. The third-order valence-electron chi connectivity index (χ3n) is 4.20. The molecule has 1 heterocycles. The summed E-state index contributed by atoms with van der Waals surface area (Å²) in [4.78, 5) is 2.31. The molecule has 0 aromatic heterocycles. The van der Waals surface area contributed by atoms with Crippen LogP contribution in [-0.4, -0.2) is 13.6 Å². The summed E-state index contributed by atoms with van der Waals surface area (Å²) in [7, 11) is 2.13. The van der Waals surface area contributed by atoms with Crippen LogP contribution in [0.2, 0.25) is 0 Å². The lowest BCUT2D eigenvalue weighted by Gasteiger charge is -2.30. The van der Waals surface area contributed by atoms with E-state index in [1.54, 1.807) is 0 Å². The minimum Gasteiger partial charge on any atom is -0.367 e. The van der Waals surface area contributed by atoms with Crippen molar-refractivity contribution in [1.29, 1.82) is 5.26 Å². The van der Waals surface area contributed by atoms with Crippen molar-refractivity contribution < 1.29 is 0 Å². The molecule has 0 amide bonds. The average molecular weight is 277 g/mol. The zero-order valence-electron chi connectivity index (χ0n) is 12.2. The fourth-order valence-electron chi connectivity index (χ4n) is 2.99. The molecule has 0 saturated heterocycles. The average Bonchev–Trinajstić information content (AvgIpc) is 2.77. The molecule has 0 aliphatic carbocycles. The zero-order chi connectivity index (χ0) is 14.7. The van der Waals surface area contributed by atoms with Gasteiger partial charge in [-0.2, -0.15) is 5.26 Å². The minimum atomic E-state index is 0.365. The summed E-state index contributed by atoms with van der Waals surface area (Å²) < 4.78 is 0. The Kier molecular flexibility index (Phi) is 3.89. The first kappa shape index (κ1) is 13.7. The fourth-order valence-corrected chi connectivity index (χ4v) is 2.99. The van der Waals surface area contributed by atoms with Crippen molar-refractivity contribution in [2.45, 2.75) is 19.0 Å². The van der Waals surface area contributed by atoms with E-state index < -0.39 is 0 Å². The van der Waals surface area contributed by atoms with Gasteiger partial charge in [-0.15, -0.1) is 0 Å². The van der Waals surface area contributed by atoms with Gasteiger partial charge in [0.2, 0.25) is 0 Å². The van der Waals surface area contributed by atoms with Gasteiger partial charge in [0.25, 0.3) is 0 Å². The summed E-state index contributed by atoms with van der Waals surface area (Å²) in [6.07, 6.45) is 1.08. The highest BCUT2D eigenvalue weighted by atomic mass is 15.1. The smallest absolute Gasteiger partial charge is 0.0991 e. The van der Waals surface area contributed by atoms with Gasteiger partial charge in [-0.3, -0.25) is 0 Å². The van der Waals surface area contributed by atoms with Crippen LogP contribution in [0.25, 0.3) is 0 Å². The fraction of sp³-hybridized carbons (Fsp3) is 0.278. The van der Waals surface area contributed by atoms with E-state index in [2.05, 4.69) is 47.6 Å². The quantitative estimate of drug-likeness (QED) is 0.916. The molecule has 106 valence electrons. The highest BCUT2D eigenvalue weighted by Crippen LogP contribution is 2.31. The Hall–Kier alpha value is -2.31. The molecule has 1 aliphatic rings. The predicted molar refractivity (Wildman–Crippen MR) is 85.1 cm³/mol. The summed E-state index contributed by atoms with van der Waals surface area (Å²) in [6.45, 7) is 1.95. The molecule has 3 rings (SSSR count). The number of nitrogens with zero attached hydrogens (tertiary/aromatic N) is 2. The summed E-state index contributed by atoms with van der Waals surface area (Å²) >= 11 is 0. The molecular weight excluding hydrogens is 258 g/mol. The lowest BCUT2D eigenvalue weighted by atomic mass is 9.97. The van der Waals surface area contributed by atoms with E-state index in [-0.39, 0.29) is 0 Å². The summed E-state index contributed by atoms with van der Waals surface area (Å²) in [5.74, 6) is 0. The molecule has 3 heteroatoms. The SMILES string of the molecule is CN(c1ccc(C#N)cc1)C1CCNCc2ccccc21. The van der Waals surface area contributed by atoms with Crippen molar-refractivity contribution in [3.8, 4) is 6.07 Å². The summed E-state index contributed by atoms with van der Waals surface area (Å²) in [5, 5.41) is 12.4. The van der Waals surface area contributed by atoms with Gasteiger partial charge in [0, 0.05) is 19.3 Å². The molecule has 2 aromatic rings. The number of benzene rings is 2. The Morgan fingerprint density at radius 1 is 1.14 bits per heavy atom. The summed E-state index contributed by atoms with van der Waals surface area (Å²) in [5.41, 5.74) is 4.63. The van der Waals surface area contributed by atoms with Gasteiger partial charge >= 0.3 is 0 Å². The van der Waals surface area contributed by atoms with Crippen molar-refractivity contribution in [1.82, 2.24) is 5.32 Å². The van der Waals surface area contributed by atoms with E-state index in [4.69, 9.17) is 5.26 Å². The topological polar surface area (TPSA) is 39.1 Å². The van der Waals surface area contributed by atoms with Crippen LogP contribution in [-0.2, 0) is 6.54 Å². The highest BCUT2D eigenvalue weighted by Gasteiger charge is 2.22. The number of nitrogens with one attached hydrogen (secondary N) is 1. The van der Waals surface area contributed by atoms with Crippen LogP contribution in [0.3, 0.4) is 0 Å². The van der Waals surface area contributed by atoms with Crippen molar-refractivity contribution >= 4 is 5.69 Å². The van der Waals surface area contributed by atoms with Gasteiger partial charge in [0.15, 0.2) is 0 Å². The van der Waals surface area contributed by atoms with Crippen LogP contribution in [0.5, 0.6) is 0 Å². The number of hydrogen-bond donors (Lipinski definition) is 1. The molecule has 2 aromatic carbocycles. The van der Waals surface area contributed by atoms with E-state index in [0.717, 1.165) is 25.2 Å². The predicted octanol–water partition coefficient (Wildman–Crippen LogP) is 3.23. The lowest BCUT2D eigenvalue weighted by molar-refractivity contribution is 0.589. The van der Waals surface area contributed by atoms with Gasteiger partial charge in [0.05, 0.1) is 17.7 Å². The lowest BCUT2D eigenvalue weighted by Crippen LogP contribution is -2.25. The van der Waals surface area contributed by atoms with Crippen LogP contribution in [0.1, 0.15) is 29.2 Å². The standard InChI is InChI=1S/C18H19N3/c1-21(16-8-6-14(12-19)7-9-16)18-10-11-20-13-15-4-2-3-5-17(15)18/h2-9,18,20H,10-11,13H2,1H3. The molecule has 1 unspecified atom stereocenters. The minimum absolute atomic E-state index is 0.365. The molecule has 0 radical (unpaired) electrons. The molecule has 3 nitrogen and oxygen atoms in total. The van der Waals surface area contributed by atoms with Gasteiger partial charge in [-0.05, 0) is 48.4 Å². The first-order valence-corrected chi connectivity index (χ1v) is 7.31. The van der Waals surface area contributed by atoms with Crippen LogP contribution in [0.4, 0.5) is 5.69 Å². The van der Waals surface area contributed by atoms with E-state index in [1.165, 1.54) is 11.1 Å². The first-order valence-electron chi connectivity index (χ1n) is 7.31. The van der Waals surface area contributed by atoms with E-state index in [1.807, 2.05) is 24.3 Å². The first-order chi connectivity index (χ1) is 10.3. The highest BCUT2D eigenvalue weighted by molar-refractivity contribution is 5.52. The Morgan fingerprint density at radius 3 is 2.67 bits per heavy atom. The van der Waals surface area contributed by atoms with Crippen LogP contribution >= 0.6 is 0 Å². The number of hydrogen-bond acceptors (Lipinski definition) is 3. The molecule has 0 spiro atoms. The Morgan fingerprint density at radius 2 is 1.90 bits per heavy atom. The van der Waals surface area contributed by atoms with Gasteiger partial charge in [-0.1, -0.05) is 24.3 Å². The van der Waals surface area contributed by atoms with Crippen LogP contribution in [0.15, 0.2) is 48.5 Å². The van der Waals surface area contributed by atoms with Crippen LogP contribution in [0, 0.1) is 11.3 Å². The van der Waals surface area contributed by atoms with Crippen LogP contribution < -0.4 is 10.2 Å². The zero-order valence-corrected chi connectivity index (χ0v) is 12.2. The van der Waals surface area contributed by atoms with Gasteiger partial charge < -0.3 is 10.2 Å². The van der Waals surface area contributed by atoms with E-state index in [9.17, 15) is 0 Å². The molecule has 1 N–H and O–H groups in total. The molecule has 0 bridgehead atoms. The Balaban J connectivity index is 1.93. The number of nitriles is 1. The molecule has 1 atom stereocenters. The maximum atomic E-state index is 8.91. The van der Waals surface area contributed by atoms with Gasteiger partial charge in [-0.25, -0.2) is 0 Å². The third-order valence-corrected chi connectivity index (χ3v) is 4.20. The molecule has 0 fully saturated rings. The molecular formula is C18H19N3. The molecule has 21 heavy (non-hydrogen) atoms. The number of rotatable bonds is 2. The summed E-state index contributed by atoms with van der Waals surface area (Å²) in [6, 6.07) is 19.0.